The molecule has 5 heteroatoms. The van der Waals surface area contributed by atoms with E-state index >= 15 is 0 Å². The van der Waals surface area contributed by atoms with E-state index in [0.717, 1.165) is 12.8 Å². The molecule has 1 unspecified atom stereocenters. The minimum atomic E-state index is -0.515. The van der Waals surface area contributed by atoms with Gasteiger partial charge in [-0.1, -0.05) is 13.3 Å². The zero-order valence-corrected chi connectivity index (χ0v) is 10.7. The Labute approximate surface area is 106 Å². The van der Waals surface area contributed by atoms with Crippen LogP contribution in [0.5, 0.6) is 0 Å². The first-order valence-corrected chi connectivity index (χ1v) is 5.92. The molecule has 0 fully saturated rings. The molecular formula is C13H19FN2O2. The van der Waals surface area contributed by atoms with Crippen molar-refractivity contribution in [2.24, 2.45) is 0 Å². The number of nitrogens with one attached hydrogen (secondary N) is 1. The molecule has 0 aromatic heterocycles. The highest BCUT2D eigenvalue weighted by atomic mass is 19.1. The number of anilines is 1. The van der Waals surface area contributed by atoms with Crippen LogP contribution in [0.1, 0.15) is 30.1 Å². The number of hydrogen-bond donors (Lipinski definition) is 2. The quantitative estimate of drug-likeness (QED) is 0.763. The molecule has 0 saturated heterocycles. The molecule has 1 rings (SSSR count). The summed E-state index contributed by atoms with van der Waals surface area (Å²) in [4.78, 5) is 11.9. The number of ether oxygens (including phenoxy) is 1. The number of nitrogen functional groups attached to an aromatic ring is 1. The van der Waals surface area contributed by atoms with E-state index < -0.39 is 5.82 Å². The number of rotatable bonds is 6. The van der Waals surface area contributed by atoms with Crippen LogP contribution >= 0.6 is 0 Å². The molecule has 0 heterocycles. The second-order valence-corrected chi connectivity index (χ2v) is 4.19. The molecule has 0 spiro atoms. The topological polar surface area (TPSA) is 64.3 Å². The second kappa shape index (κ2) is 6.96. The number of amides is 1. The third kappa shape index (κ3) is 4.33. The van der Waals surface area contributed by atoms with Gasteiger partial charge in [-0.15, -0.1) is 0 Å². The molecule has 4 nitrogen and oxygen atoms in total. The molecule has 0 aliphatic heterocycles. The van der Waals surface area contributed by atoms with E-state index in [-0.39, 0.29) is 23.2 Å². The van der Waals surface area contributed by atoms with Crippen molar-refractivity contribution in [3.63, 3.8) is 0 Å². The van der Waals surface area contributed by atoms with Crippen LogP contribution < -0.4 is 11.1 Å². The van der Waals surface area contributed by atoms with Gasteiger partial charge in [-0.2, -0.15) is 0 Å². The van der Waals surface area contributed by atoms with Crippen molar-refractivity contribution in [1.82, 2.24) is 5.32 Å². The van der Waals surface area contributed by atoms with Crippen molar-refractivity contribution in [3.05, 3.63) is 29.6 Å². The van der Waals surface area contributed by atoms with Crippen LogP contribution in [0.3, 0.4) is 0 Å². The van der Waals surface area contributed by atoms with Gasteiger partial charge in [-0.05, 0) is 24.6 Å². The smallest absolute Gasteiger partial charge is 0.251 e. The molecule has 1 aromatic rings. The molecule has 3 N–H and O–H groups in total. The number of halogens is 1. The summed E-state index contributed by atoms with van der Waals surface area (Å²) in [6, 6.07) is 3.72. The van der Waals surface area contributed by atoms with Crippen LogP contribution in [-0.4, -0.2) is 25.7 Å². The van der Waals surface area contributed by atoms with Gasteiger partial charge in [0.2, 0.25) is 0 Å². The van der Waals surface area contributed by atoms with Gasteiger partial charge < -0.3 is 15.8 Å². The summed E-state index contributed by atoms with van der Waals surface area (Å²) in [6.07, 6.45) is 1.74. The Morgan fingerprint density at radius 1 is 1.50 bits per heavy atom. The number of hydrogen-bond acceptors (Lipinski definition) is 3. The highest BCUT2D eigenvalue weighted by Crippen LogP contribution is 2.11. The third-order valence-electron chi connectivity index (χ3n) is 2.52. The van der Waals surface area contributed by atoms with E-state index in [1.54, 1.807) is 7.11 Å². The van der Waals surface area contributed by atoms with Gasteiger partial charge >= 0.3 is 0 Å². The molecule has 0 radical (unpaired) electrons. The normalized spacial score (nSPS) is 12.2. The molecule has 1 amide bonds. The number of carbonyl (C=O) groups is 1. The molecular weight excluding hydrogens is 235 g/mol. The monoisotopic (exact) mass is 254 g/mol. The van der Waals surface area contributed by atoms with E-state index in [9.17, 15) is 9.18 Å². The van der Waals surface area contributed by atoms with Gasteiger partial charge in [0.1, 0.15) is 5.82 Å². The first-order chi connectivity index (χ1) is 8.56. The Hall–Kier alpha value is -1.62. The largest absolute Gasteiger partial charge is 0.399 e. The lowest BCUT2D eigenvalue weighted by molar-refractivity contribution is 0.0891. The first-order valence-electron chi connectivity index (χ1n) is 5.92. The predicted molar refractivity (Wildman–Crippen MR) is 68.9 cm³/mol. The Kier molecular flexibility index (Phi) is 5.58. The fraction of sp³-hybridized carbons (Fsp3) is 0.462. The summed E-state index contributed by atoms with van der Waals surface area (Å²) in [6.45, 7) is 2.46. The zero-order chi connectivity index (χ0) is 13.5. The maximum Gasteiger partial charge on any atom is 0.251 e. The average molecular weight is 254 g/mol. The Morgan fingerprint density at radius 2 is 2.22 bits per heavy atom. The number of benzene rings is 1. The Morgan fingerprint density at radius 3 is 2.78 bits per heavy atom. The molecule has 1 atom stereocenters. The van der Waals surface area contributed by atoms with E-state index in [2.05, 4.69) is 5.32 Å². The minimum absolute atomic E-state index is 0.0722. The molecule has 0 bridgehead atoms. The summed E-state index contributed by atoms with van der Waals surface area (Å²) < 4.78 is 18.2. The lowest BCUT2D eigenvalue weighted by Crippen LogP contribution is -2.38. The van der Waals surface area contributed by atoms with Crippen molar-refractivity contribution >= 4 is 11.6 Å². The molecule has 0 saturated carbocycles. The standard InChI is InChI=1S/C13H19FN2O2/c1-3-4-12(8-18-2)16-13(17)9-5-10(14)7-11(15)6-9/h5-7,12H,3-4,8,15H2,1-2H3,(H,16,17). The van der Waals surface area contributed by atoms with Crippen molar-refractivity contribution < 1.29 is 13.9 Å². The minimum Gasteiger partial charge on any atom is -0.399 e. The van der Waals surface area contributed by atoms with Gasteiger partial charge in [0, 0.05) is 18.4 Å². The molecule has 1 aromatic carbocycles. The van der Waals surface area contributed by atoms with Crippen LogP contribution in [0.25, 0.3) is 0 Å². The zero-order valence-electron chi connectivity index (χ0n) is 10.7. The van der Waals surface area contributed by atoms with Gasteiger partial charge in [0.05, 0.1) is 12.6 Å². The lowest BCUT2D eigenvalue weighted by Gasteiger charge is -2.17. The third-order valence-corrected chi connectivity index (χ3v) is 2.52. The van der Waals surface area contributed by atoms with E-state index in [1.807, 2.05) is 6.92 Å². The maximum atomic E-state index is 13.1. The van der Waals surface area contributed by atoms with Crippen LogP contribution in [0, 0.1) is 5.82 Å². The van der Waals surface area contributed by atoms with Crippen LogP contribution in [-0.2, 0) is 4.74 Å². The van der Waals surface area contributed by atoms with Crippen molar-refractivity contribution in [1.29, 1.82) is 0 Å². The fourth-order valence-corrected chi connectivity index (χ4v) is 1.76. The Bertz CT molecular complexity index is 384. The van der Waals surface area contributed by atoms with Gasteiger partial charge in [0.15, 0.2) is 0 Å². The number of carbonyl (C=O) groups excluding carboxylic acids is 1. The number of methoxy groups -OCH3 is 1. The summed E-state index contributed by atoms with van der Waals surface area (Å²) in [5.74, 6) is -0.851. The van der Waals surface area contributed by atoms with E-state index in [4.69, 9.17) is 10.5 Å². The van der Waals surface area contributed by atoms with Gasteiger partial charge in [0.25, 0.3) is 5.91 Å². The van der Waals surface area contributed by atoms with Gasteiger partial charge in [-0.25, -0.2) is 4.39 Å². The number of nitrogens with two attached hydrogens (primary N) is 1. The van der Waals surface area contributed by atoms with Crippen LogP contribution in [0.2, 0.25) is 0 Å². The molecule has 100 valence electrons. The van der Waals surface area contributed by atoms with Crippen molar-refractivity contribution in [2.75, 3.05) is 19.5 Å². The van der Waals surface area contributed by atoms with Crippen molar-refractivity contribution in [2.45, 2.75) is 25.8 Å². The maximum absolute atomic E-state index is 13.1. The first kappa shape index (κ1) is 14.4. The lowest BCUT2D eigenvalue weighted by atomic mass is 10.1. The average Bonchev–Trinajstić information content (AvgIpc) is 2.28. The van der Waals surface area contributed by atoms with E-state index in [0.29, 0.717) is 6.61 Å². The van der Waals surface area contributed by atoms with Crippen LogP contribution in [0.15, 0.2) is 18.2 Å². The summed E-state index contributed by atoms with van der Waals surface area (Å²) in [5.41, 5.74) is 5.96. The highest BCUT2D eigenvalue weighted by Gasteiger charge is 2.14. The predicted octanol–water partition coefficient (Wildman–Crippen LogP) is 1.95. The molecule has 0 aliphatic rings. The second-order valence-electron chi connectivity index (χ2n) is 4.19. The molecule has 0 aliphatic carbocycles. The summed E-state index contributed by atoms with van der Waals surface area (Å²) in [5, 5.41) is 2.80. The SMILES string of the molecule is CCCC(COC)NC(=O)c1cc(N)cc(F)c1. The fourth-order valence-electron chi connectivity index (χ4n) is 1.76. The summed E-state index contributed by atoms with van der Waals surface area (Å²) >= 11 is 0. The summed E-state index contributed by atoms with van der Waals surface area (Å²) in [7, 11) is 1.58. The highest BCUT2D eigenvalue weighted by molar-refractivity contribution is 5.95. The van der Waals surface area contributed by atoms with Crippen molar-refractivity contribution in [3.8, 4) is 0 Å². The van der Waals surface area contributed by atoms with E-state index in [1.165, 1.54) is 18.2 Å². The van der Waals surface area contributed by atoms with Crippen LogP contribution in [0.4, 0.5) is 10.1 Å². The Balaban J connectivity index is 2.73. The van der Waals surface area contributed by atoms with Gasteiger partial charge in [-0.3, -0.25) is 4.79 Å². The molecule has 18 heavy (non-hydrogen) atoms.